The molecule has 0 saturated carbocycles. The van der Waals surface area contributed by atoms with E-state index in [0.29, 0.717) is 5.46 Å². The zero-order valence-corrected chi connectivity index (χ0v) is 13.6. The van der Waals surface area contributed by atoms with Crippen LogP contribution in [0.2, 0.25) is 0 Å². The molecule has 1 aliphatic heterocycles. The van der Waals surface area contributed by atoms with Crippen molar-refractivity contribution in [1.82, 2.24) is 0 Å². The molecule has 0 aromatic heterocycles. The minimum atomic E-state index is -0.519. The zero-order valence-electron chi connectivity index (χ0n) is 13.6. The summed E-state index contributed by atoms with van der Waals surface area (Å²) in [6, 6.07) is 5.73. The maximum Gasteiger partial charge on any atom is 0.498 e. The molecule has 0 amide bonds. The van der Waals surface area contributed by atoms with Crippen molar-refractivity contribution < 1.29 is 14.4 Å². The molecule has 4 heteroatoms. The maximum absolute atomic E-state index is 10.3. The average Bonchev–Trinajstić information content (AvgIpc) is 2.46. The molecular weight excluding hydrogens is 251 g/mol. The van der Waals surface area contributed by atoms with E-state index in [0.717, 1.165) is 5.56 Å². The highest BCUT2D eigenvalue weighted by Crippen LogP contribution is 2.37. The van der Waals surface area contributed by atoms with Gasteiger partial charge in [-0.1, -0.05) is 32.9 Å². The van der Waals surface area contributed by atoms with Crippen molar-refractivity contribution in [1.29, 1.82) is 0 Å². The highest BCUT2D eigenvalue weighted by Gasteiger charge is 2.52. The normalized spacial score (nSPS) is 21.2. The minimum absolute atomic E-state index is 0.00589. The molecule has 20 heavy (non-hydrogen) atoms. The molecule has 3 nitrogen and oxygen atoms in total. The molecule has 0 unspecified atom stereocenters. The van der Waals surface area contributed by atoms with Gasteiger partial charge in [-0.15, -0.1) is 0 Å². The van der Waals surface area contributed by atoms with E-state index in [2.05, 4.69) is 20.8 Å². The summed E-state index contributed by atoms with van der Waals surface area (Å²) in [7, 11) is -0.519. The van der Waals surface area contributed by atoms with Gasteiger partial charge in [-0.3, -0.25) is 0 Å². The monoisotopic (exact) mass is 276 g/mol. The topological polar surface area (TPSA) is 38.7 Å². The first-order chi connectivity index (χ1) is 8.94. The Kier molecular flexibility index (Phi) is 3.47. The Labute approximate surface area is 122 Å². The van der Waals surface area contributed by atoms with E-state index in [1.54, 1.807) is 6.07 Å². The minimum Gasteiger partial charge on any atom is -0.508 e. The number of hydrogen-bond donors (Lipinski definition) is 1. The van der Waals surface area contributed by atoms with Crippen molar-refractivity contribution in [3.05, 3.63) is 23.8 Å². The van der Waals surface area contributed by atoms with Crippen LogP contribution in [0.15, 0.2) is 18.2 Å². The second-order valence-electron chi connectivity index (χ2n) is 7.61. The van der Waals surface area contributed by atoms with Gasteiger partial charge in [0, 0.05) is 5.46 Å². The molecule has 0 atom stereocenters. The summed E-state index contributed by atoms with van der Waals surface area (Å²) in [6.45, 7) is 14.4. The van der Waals surface area contributed by atoms with E-state index in [1.807, 2.05) is 39.8 Å². The molecule has 0 aliphatic carbocycles. The first-order valence-electron chi connectivity index (χ1n) is 7.13. The lowest BCUT2D eigenvalue weighted by Gasteiger charge is -2.32. The molecular formula is C16H25BO3. The second kappa shape index (κ2) is 4.50. The average molecular weight is 276 g/mol. The van der Waals surface area contributed by atoms with Crippen molar-refractivity contribution in [2.24, 2.45) is 0 Å². The van der Waals surface area contributed by atoms with Crippen LogP contribution in [0.4, 0.5) is 0 Å². The van der Waals surface area contributed by atoms with E-state index in [-0.39, 0.29) is 11.2 Å². The van der Waals surface area contributed by atoms with Gasteiger partial charge < -0.3 is 14.4 Å². The Morgan fingerprint density at radius 3 is 1.90 bits per heavy atom. The third kappa shape index (κ3) is 2.59. The summed E-state index contributed by atoms with van der Waals surface area (Å²) < 4.78 is 11.9. The third-order valence-electron chi connectivity index (χ3n) is 4.40. The van der Waals surface area contributed by atoms with Crippen LogP contribution in [0.25, 0.3) is 0 Å². The van der Waals surface area contributed by atoms with Gasteiger partial charge in [0.15, 0.2) is 0 Å². The molecule has 1 aromatic carbocycles. The van der Waals surface area contributed by atoms with Gasteiger partial charge in [0.25, 0.3) is 0 Å². The Bertz CT molecular complexity index is 499. The van der Waals surface area contributed by atoms with Crippen LogP contribution in [-0.4, -0.2) is 23.4 Å². The van der Waals surface area contributed by atoms with Gasteiger partial charge >= 0.3 is 7.12 Å². The Balaban J connectivity index is 2.33. The molecule has 2 rings (SSSR count). The van der Waals surface area contributed by atoms with Gasteiger partial charge in [-0.2, -0.15) is 0 Å². The second-order valence-corrected chi connectivity index (χ2v) is 7.61. The predicted molar refractivity (Wildman–Crippen MR) is 82.5 cm³/mol. The molecule has 0 radical (unpaired) electrons. The zero-order chi connectivity index (χ0) is 15.3. The number of phenols is 1. The Morgan fingerprint density at radius 1 is 1.00 bits per heavy atom. The Morgan fingerprint density at radius 2 is 1.50 bits per heavy atom. The quantitative estimate of drug-likeness (QED) is 0.801. The summed E-state index contributed by atoms with van der Waals surface area (Å²) in [5.41, 5.74) is 0.998. The van der Waals surface area contributed by atoms with Gasteiger partial charge in [0.1, 0.15) is 5.75 Å². The fourth-order valence-corrected chi connectivity index (χ4v) is 2.18. The van der Waals surface area contributed by atoms with Gasteiger partial charge in [0.05, 0.1) is 11.2 Å². The lowest BCUT2D eigenvalue weighted by molar-refractivity contribution is 0.00578. The SMILES string of the molecule is CC(C)(C)c1ccc(B2OC(C)(C)C(C)(C)O2)c(O)c1. The van der Waals surface area contributed by atoms with Crippen molar-refractivity contribution in [2.75, 3.05) is 0 Å². The van der Waals surface area contributed by atoms with E-state index in [4.69, 9.17) is 9.31 Å². The van der Waals surface area contributed by atoms with Crippen LogP contribution in [0.3, 0.4) is 0 Å². The lowest BCUT2D eigenvalue weighted by atomic mass is 9.76. The molecule has 1 heterocycles. The summed E-state index contributed by atoms with van der Waals surface area (Å²) in [5, 5.41) is 10.3. The number of aromatic hydroxyl groups is 1. The van der Waals surface area contributed by atoms with E-state index < -0.39 is 18.3 Å². The first-order valence-corrected chi connectivity index (χ1v) is 7.13. The van der Waals surface area contributed by atoms with Crippen LogP contribution >= 0.6 is 0 Å². The third-order valence-corrected chi connectivity index (χ3v) is 4.40. The fraction of sp³-hybridized carbons (Fsp3) is 0.625. The molecule has 1 fully saturated rings. The maximum atomic E-state index is 10.3. The molecule has 110 valence electrons. The van der Waals surface area contributed by atoms with Crippen LogP contribution in [0.5, 0.6) is 5.75 Å². The molecule has 0 spiro atoms. The number of hydrogen-bond acceptors (Lipinski definition) is 3. The molecule has 1 saturated heterocycles. The summed E-state index contributed by atoms with van der Waals surface area (Å²) in [6.07, 6.45) is 0. The van der Waals surface area contributed by atoms with Gasteiger partial charge in [-0.05, 0) is 44.7 Å². The lowest BCUT2D eigenvalue weighted by Crippen LogP contribution is -2.41. The largest absolute Gasteiger partial charge is 0.508 e. The standard InChI is InChI=1S/C16H25BO3/c1-14(2,3)11-8-9-12(13(18)10-11)17-19-15(4,5)16(6,7)20-17/h8-10,18H,1-7H3. The van der Waals surface area contributed by atoms with Crippen LogP contribution in [0, 0.1) is 0 Å². The van der Waals surface area contributed by atoms with Gasteiger partial charge in [0.2, 0.25) is 0 Å². The van der Waals surface area contributed by atoms with Gasteiger partial charge in [-0.25, -0.2) is 0 Å². The number of benzene rings is 1. The summed E-state index contributed by atoms with van der Waals surface area (Å²) >= 11 is 0. The van der Waals surface area contributed by atoms with Crippen molar-refractivity contribution in [3.63, 3.8) is 0 Å². The Hall–Kier alpha value is -0.995. The van der Waals surface area contributed by atoms with E-state index in [1.165, 1.54) is 0 Å². The highest BCUT2D eigenvalue weighted by atomic mass is 16.7. The molecule has 0 bridgehead atoms. The predicted octanol–water partition coefficient (Wildman–Crippen LogP) is 2.99. The fourth-order valence-electron chi connectivity index (χ4n) is 2.18. The smallest absolute Gasteiger partial charge is 0.498 e. The van der Waals surface area contributed by atoms with E-state index in [9.17, 15) is 5.11 Å². The van der Waals surface area contributed by atoms with Crippen LogP contribution in [0.1, 0.15) is 54.0 Å². The molecule has 1 aromatic rings. The summed E-state index contributed by atoms with van der Waals surface area (Å²) in [4.78, 5) is 0. The molecule has 1 aliphatic rings. The first kappa shape index (κ1) is 15.4. The van der Waals surface area contributed by atoms with Crippen molar-refractivity contribution in [2.45, 2.75) is 65.1 Å². The highest BCUT2D eigenvalue weighted by molar-refractivity contribution is 6.63. The number of phenolic OH excluding ortho intramolecular Hbond substituents is 1. The molecule has 1 N–H and O–H groups in total. The van der Waals surface area contributed by atoms with E-state index >= 15 is 0 Å². The van der Waals surface area contributed by atoms with Crippen molar-refractivity contribution in [3.8, 4) is 5.75 Å². The van der Waals surface area contributed by atoms with Crippen LogP contribution in [-0.2, 0) is 14.7 Å². The van der Waals surface area contributed by atoms with Crippen molar-refractivity contribution >= 4 is 12.6 Å². The van der Waals surface area contributed by atoms with Crippen LogP contribution < -0.4 is 5.46 Å². The summed E-state index contributed by atoms with van der Waals surface area (Å²) in [5.74, 6) is 0.232. The number of rotatable bonds is 1.